The van der Waals surface area contributed by atoms with Crippen molar-refractivity contribution in [1.82, 2.24) is 9.97 Å². The van der Waals surface area contributed by atoms with Crippen LogP contribution in [-0.4, -0.2) is 16.5 Å². The van der Waals surface area contributed by atoms with Gasteiger partial charge in [0.05, 0.1) is 5.69 Å². The molecule has 0 bridgehead atoms. The minimum Gasteiger partial charge on any atom is -0.370 e. The zero-order valence-electron chi connectivity index (χ0n) is 10.9. The number of hydrogen-bond donors (Lipinski definition) is 1. The molecule has 4 heteroatoms. The van der Waals surface area contributed by atoms with E-state index >= 15 is 0 Å². The van der Waals surface area contributed by atoms with Gasteiger partial charge < -0.3 is 5.32 Å². The first-order chi connectivity index (χ1) is 9.26. The van der Waals surface area contributed by atoms with Crippen molar-refractivity contribution in [1.29, 1.82) is 0 Å². The standard InChI is InChI=1S/C15H16ClN3/c1-2-17-14-9-13(11-4-3-5-12(16)8-11)18-15(19-14)10-6-7-10/h3-5,8-10H,2,6-7H2,1H3,(H,17,18,19). The highest BCUT2D eigenvalue weighted by molar-refractivity contribution is 6.30. The zero-order chi connectivity index (χ0) is 13.2. The van der Waals surface area contributed by atoms with Gasteiger partial charge in [-0.05, 0) is 31.9 Å². The SMILES string of the molecule is CCNc1cc(-c2cccc(Cl)c2)nc(C2CC2)n1. The summed E-state index contributed by atoms with van der Waals surface area (Å²) >= 11 is 6.05. The fourth-order valence-electron chi connectivity index (χ4n) is 2.06. The van der Waals surface area contributed by atoms with Crippen LogP contribution in [0, 0.1) is 0 Å². The summed E-state index contributed by atoms with van der Waals surface area (Å²) in [6, 6.07) is 9.78. The number of aromatic nitrogens is 2. The summed E-state index contributed by atoms with van der Waals surface area (Å²) in [5.41, 5.74) is 1.98. The van der Waals surface area contributed by atoms with Gasteiger partial charge in [0.1, 0.15) is 11.6 Å². The first-order valence-corrected chi connectivity index (χ1v) is 7.03. The third-order valence-electron chi connectivity index (χ3n) is 3.16. The highest BCUT2D eigenvalue weighted by atomic mass is 35.5. The number of benzene rings is 1. The molecule has 3 rings (SSSR count). The van der Waals surface area contributed by atoms with Crippen LogP contribution in [0.2, 0.25) is 5.02 Å². The molecule has 1 saturated carbocycles. The largest absolute Gasteiger partial charge is 0.370 e. The van der Waals surface area contributed by atoms with Crippen molar-refractivity contribution in [2.45, 2.75) is 25.7 Å². The summed E-state index contributed by atoms with van der Waals surface area (Å²) in [4.78, 5) is 9.26. The van der Waals surface area contributed by atoms with E-state index in [-0.39, 0.29) is 0 Å². The number of nitrogens with one attached hydrogen (secondary N) is 1. The van der Waals surface area contributed by atoms with Crippen LogP contribution in [0.4, 0.5) is 5.82 Å². The van der Waals surface area contributed by atoms with E-state index in [2.05, 4.69) is 22.2 Å². The second kappa shape index (κ2) is 5.17. The van der Waals surface area contributed by atoms with Gasteiger partial charge in [0.15, 0.2) is 0 Å². The minimum atomic E-state index is 0.538. The summed E-state index contributed by atoms with van der Waals surface area (Å²) in [7, 11) is 0. The molecule has 0 unspecified atom stereocenters. The van der Waals surface area contributed by atoms with Gasteiger partial charge in [-0.1, -0.05) is 23.7 Å². The van der Waals surface area contributed by atoms with E-state index in [1.54, 1.807) is 0 Å². The van der Waals surface area contributed by atoms with E-state index in [4.69, 9.17) is 11.6 Å². The van der Waals surface area contributed by atoms with Gasteiger partial charge in [0.25, 0.3) is 0 Å². The van der Waals surface area contributed by atoms with Crippen molar-refractivity contribution in [3.05, 3.63) is 41.2 Å². The Morgan fingerprint density at radius 1 is 1.26 bits per heavy atom. The molecule has 0 radical (unpaired) electrons. The Bertz CT molecular complexity index is 594. The van der Waals surface area contributed by atoms with Gasteiger partial charge in [-0.2, -0.15) is 0 Å². The van der Waals surface area contributed by atoms with Gasteiger partial charge >= 0.3 is 0 Å². The van der Waals surface area contributed by atoms with Crippen LogP contribution < -0.4 is 5.32 Å². The van der Waals surface area contributed by atoms with E-state index < -0.39 is 0 Å². The van der Waals surface area contributed by atoms with Crippen molar-refractivity contribution < 1.29 is 0 Å². The Kier molecular flexibility index (Phi) is 3.38. The number of nitrogens with zero attached hydrogens (tertiary/aromatic N) is 2. The van der Waals surface area contributed by atoms with Crippen molar-refractivity contribution in [3.63, 3.8) is 0 Å². The molecule has 0 atom stereocenters. The Hall–Kier alpha value is -1.61. The topological polar surface area (TPSA) is 37.8 Å². The van der Waals surface area contributed by atoms with E-state index in [0.29, 0.717) is 5.92 Å². The maximum atomic E-state index is 6.05. The quantitative estimate of drug-likeness (QED) is 0.911. The van der Waals surface area contributed by atoms with Gasteiger partial charge in [-0.25, -0.2) is 9.97 Å². The van der Waals surface area contributed by atoms with Gasteiger partial charge in [-0.3, -0.25) is 0 Å². The molecule has 98 valence electrons. The molecule has 0 aliphatic heterocycles. The second-order valence-corrected chi connectivity index (χ2v) is 5.25. The summed E-state index contributed by atoms with van der Waals surface area (Å²) in [6.45, 7) is 2.92. The molecule has 3 nitrogen and oxygen atoms in total. The zero-order valence-corrected chi connectivity index (χ0v) is 11.6. The predicted molar refractivity (Wildman–Crippen MR) is 78.6 cm³/mol. The van der Waals surface area contributed by atoms with Crippen LogP contribution in [0.3, 0.4) is 0 Å². The molecule has 1 aliphatic carbocycles. The van der Waals surface area contributed by atoms with Crippen molar-refractivity contribution in [2.24, 2.45) is 0 Å². The molecule has 0 amide bonds. The molecule has 19 heavy (non-hydrogen) atoms. The number of hydrogen-bond acceptors (Lipinski definition) is 3. The summed E-state index contributed by atoms with van der Waals surface area (Å²) in [6.07, 6.45) is 2.40. The molecule has 1 aromatic carbocycles. The van der Waals surface area contributed by atoms with Crippen LogP contribution in [-0.2, 0) is 0 Å². The normalized spacial score (nSPS) is 14.4. The lowest BCUT2D eigenvalue weighted by Gasteiger charge is -2.09. The predicted octanol–water partition coefficient (Wildman–Crippen LogP) is 4.11. The highest BCUT2D eigenvalue weighted by Gasteiger charge is 2.27. The smallest absolute Gasteiger partial charge is 0.134 e. The molecule has 0 saturated heterocycles. The maximum Gasteiger partial charge on any atom is 0.134 e. The lowest BCUT2D eigenvalue weighted by atomic mass is 10.1. The van der Waals surface area contributed by atoms with Gasteiger partial charge in [-0.15, -0.1) is 0 Å². The Morgan fingerprint density at radius 2 is 2.11 bits per heavy atom. The molecule has 1 aliphatic rings. The average Bonchev–Trinajstić information content (AvgIpc) is 3.23. The molecule has 1 fully saturated rings. The monoisotopic (exact) mass is 273 g/mol. The Labute approximate surface area is 118 Å². The van der Waals surface area contributed by atoms with Crippen LogP contribution in [0.5, 0.6) is 0 Å². The highest BCUT2D eigenvalue weighted by Crippen LogP contribution is 2.39. The third-order valence-corrected chi connectivity index (χ3v) is 3.40. The minimum absolute atomic E-state index is 0.538. The van der Waals surface area contributed by atoms with Crippen LogP contribution >= 0.6 is 11.6 Å². The molecular formula is C15H16ClN3. The van der Waals surface area contributed by atoms with E-state index in [1.807, 2.05) is 30.3 Å². The molecule has 1 aromatic heterocycles. The van der Waals surface area contributed by atoms with E-state index in [0.717, 1.165) is 34.5 Å². The lowest BCUT2D eigenvalue weighted by Crippen LogP contribution is -2.04. The fraction of sp³-hybridized carbons (Fsp3) is 0.333. The fourth-order valence-corrected chi connectivity index (χ4v) is 2.25. The molecule has 1 N–H and O–H groups in total. The first kappa shape index (κ1) is 12.4. The lowest BCUT2D eigenvalue weighted by molar-refractivity contribution is 0.927. The van der Waals surface area contributed by atoms with E-state index in [9.17, 15) is 0 Å². The van der Waals surface area contributed by atoms with Crippen molar-refractivity contribution in [2.75, 3.05) is 11.9 Å². The number of halogens is 1. The van der Waals surface area contributed by atoms with E-state index in [1.165, 1.54) is 12.8 Å². The summed E-state index contributed by atoms with van der Waals surface area (Å²) in [5.74, 6) is 2.39. The average molecular weight is 274 g/mol. The molecule has 1 heterocycles. The van der Waals surface area contributed by atoms with Gasteiger partial charge in [0.2, 0.25) is 0 Å². The first-order valence-electron chi connectivity index (χ1n) is 6.65. The third kappa shape index (κ3) is 2.87. The Morgan fingerprint density at radius 3 is 2.79 bits per heavy atom. The maximum absolute atomic E-state index is 6.05. The van der Waals surface area contributed by atoms with Crippen LogP contribution in [0.1, 0.15) is 31.5 Å². The second-order valence-electron chi connectivity index (χ2n) is 4.81. The van der Waals surface area contributed by atoms with Crippen LogP contribution in [0.15, 0.2) is 30.3 Å². The Balaban J connectivity index is 2.03. The van der Waals surface area contributed by atoms with Gasteiger partial charge in [0, 0.05) is 29.1 Å². The molecule has 0 spiro atoms. The number of rotatable bonds is 4. The summed E-state index contributed by atoms with van der Waals surface area (Å²) < 4.78 is 0. The van der Waals surface area contributed by atoms with Crippen molar-refractivity contribution in [3.8, 4) is 11.3 Å². The molecule has 2 aromatic rings. The number of anilines is 1. The molecular weight excluding hydrogens is 258 g/mol. The van der Waals surface area contributed by atoms with Crippen molar-refractivity contribution >= 4 is 17.4 Å². The summed E-state index contributed by atoms with van der Waals surface area (Å²) in [5, 5.41) is 4.00. The van der Waals surface area contributed by atoms with Crippen LogP contribution in [0.25, 0.3) is 11.3 Å².